The predicted molar refractivity (Wildman–Crippen MR) is 101 cm³/mol. The molecular weight excluding hydrogens is 346 g/mol. The Kier molecular flexibility index (Phi) is 4.57. The molecule has 138 valence electrons. The molecule has 27 heavy (non-hydrogen) atoms. The van der Waals surface area contributed by atoms with Crippen LogP contribution < -0.4 is 4.90 Å². The Hall–Kier alpha value is -3.41. The molecule has 2 aromatic carbocycles. The molecule has 0 saturated carbocycles. The van der Waals surface area contributed by atoms with Crippen LogP contribution >= 0.6 is 0 Å². The van der Waals surface area contributed by atoms with Crippen molar-refractivity contribution in [2.24, 2.45) is 0 Å². The third-order valence-electron chi connectivity index (χ3n) is 4.80. The van der Waals surface area contributed by atoms with Crippen LogP contribution in [0.2, 0.25) is 0 Å². The largest absolute Gasteiger partial charge is 0.495 e. The highest BCUT2D eigenvalue weighted by Crippen LogP contribution is 2.44. The zero-order valence-corrected chi connectivity index (χ0v) is 15.5. The number of carbonyl (C=O) groups is 3. The SMILES string of the molecule is COC(=C1C(=O)N(C(C)=O)c2cc(C(=O)O)c(C)c(C)c21)c1ccccc1. The second kappa shape index (κ2) is 6.72. The molecule has 2 aromatic rings. The van der Waals surface area contributed by atoms with Gasteiger partial charge >= 0.3 is 5.97 Å². The summed E-state index contributed by atoms with van der Waals surface area (Å²) in [5, 5.41) is 9.49. The molecule has 0 saturated heterocycles. The first-order valence-corrected chi connectivity index (χ1v) is 8.36. The highest BCUT2D eigenvalue weighted by molar-refractivity contribution is 6.43. The van der Waals surface area contributed by atoms with Crippen molar-refractivity contribution < 1.29 is 24.2 Å². The third-order valence-corrected chi connectivity index (χ3v) is 4.80. The molecule has 1 heterocycles. The molecule has 1 aliphatic rings. The Morgan fingerprint density at radius 2 is 1.70 bits per heavy atom. The van der Waals surface area contributed by atoms with Crippen LogP contribution in [0.5, 0.6) is 0 Å². The quantitative estimate of drug-likeness (QED) is 0.666. The van der Waals surface area contributed by atoms with Gasteiger partial charge in [-0.15, -0.1) is 0 Å². The van der Waals surface area contributed by atoms with Gasteiger partial charge in [0.25, 0.3) is 5.91 Å². The number of nitrogens with zero attached hydrogens (tertiary/aromatic N) is 1. The molecule has 3 rings (SSSR count). The van der Waals surface area contributed by atoms with Gasteiger partial charge in [0.15, 0.2) is 0 Å². The van der Waals surface area contributed by atoms with Crippen molar-refractivity contribution in [3.8, 4) is 0 Å². The van der Waals surface area contributed by atoms with Crippen LogP contribution in [0.15, 0.2) is 36.4 Å². The van der Waals surface area contributed by atoms with Crippen LogP contribution in [0, 0.1) is 13.8 Å². The number of fused-ring (bicyclic) bond motifs is 1. The summed E-state index contributed by atoms with van der Waals surface area (Å²) in [6.07, 6.45) is 0. The molecule has 6 heteroatoms. The van der Waals surface area contributed by atoms with Crippen LogP contribution in [-0.4, -0.2) is 30.0 Å². The van der Waals surface area contributed by atoms with Crippen LogP contribution in [0.1, 0.15) is 39.5 Å². The third kappa shape index (κ3) is 2.79. The van der Waals surface area contributed by atoms with Gasteiger partial charge in [0, 0.05) is 18.1 Å². The number of carboxylic acid groups (broad SMARTS) is 1. The molecule has 0 unspecified atom stereocenters. The summed E-state index contributed by atoms with van der Waals surface area (Å²) >= 11 is 0. The molecule has 6 nitrogen and oxygen atoms in total. The van der Waals surface area contributed by atoms with Gasteiger partial charge in [0.1, 0.15) is 5.76 Å². The lowest BCUT2D eigenvalue weighted by molar-refractivity contribution is -0.122. The molecule has 1 aliphatic heterocycles. The minimum atomic E-state index is -1.11. The number of carboxylic acids is 1. The number of ether oxygens (including phenoxy) is 1. The Morgan fingerprint density at radius 3 is 2.22 bits per heavy atom. The van der Waals surface area contributed by atoms with Crippen LogP contribution in [0.4, 0.5) is 5.69 Å². The highest BCUT2D eigenvalue weighted by atomic mass is 16.5. The zero-order valence-electron chi connectivity index (χ0n) is 15.5. The van der Waals surface area contributed by atoms with E-state index in [9.17, 15) is 19.5 Å². The van der Waals surface area contributed by atoms with E-state index >= 15 is 0 Å². The Balaban J connectivity index is 2.43. The fourth-order valence-corrected chi connectivity index (χ4v) is 3.42. The molecule has 0 aliphatic carbocycles. The molecule has 0 bridgehead atoms. The summed E-state index contributed by atoms with van der Waals surface area (Å²) in [5.74, 6) is -1.78. The number of methoxy groups -OCH3 is 1. The first-order chi connectivity index (χ1) is 12.8. The number of carbonyl (C=O) groups excluding carboxylic acids is 2. The van der Waals surface area contributed by atoms with Gasteiger partial charge in [-0.2, -0.15) is 0 Å². The van der Waals surface area contributed by atoms with Gasteiger partial charge < -0.3 is 9.84 Å². The second-order valence-corrected chi connectivity index (χ2v) is 6.31. The highest BCUT2D eigenvalue weighted by Gasteiger charge is 2.40. The first-order valence-electron chi connectivity index (χ1n) is 8.36. The topological polar surface area (TPSA) is 83.9 Å². The van der Waals surface area contributed by atoms with Crippen molar-refractivity contribution in [3.63, 3.8) is 0 Å². The van der Waals surface area contributed by atoms with Crippen LogP contribution in [0.3, 0.4) is 0 Å². The first kappa shape index (κ1) is 18.4. The van der Waals surface area contributed by atoms with Gasteiger partial charge in [0.05, 0.1) is 23.9 Å². The van der Waals surface area contributed by atoms with E-state index in [2.05, 4.69) is 0 Å². The standard InChI is InChI=1S/C21H19NO5/c1-11-12(2)17-16(10-15(11)21(25)26)22(13(3)23)20(24)18(17)19(27-4)14-8-6-5-7-9-14/h5-10H,1-4H3,(H,25,26). The van der Waals surface area contributed by atoms with E-state index in [1.807, 2.05) is 30.3 Å². The number of amides is 2. The number of aromatic carboxylic acids is 1. The fraction of sp³-hybridized carbons (Fsp3) is 0.190. The van der Waals surface area contributed by atoms with E-state index in [0.717, 1.165) is 4.90 Å². The Morgan fingerprint density at radius 1 is 1.07 bits per heavy atom. The minimum absolute atomic E-state index is 0.0604. The van der Waals surface area contributed by atoms with E-state index in [1.165, 1.54) is 20.1 Å². The van der Waals surface area contributed by atoms with Gasteiger partial charge in [0.2, 0.25) is 5.91 Å². The van der Waals surface area contributed by atoms with Gasteiger partial charge in [-0.25, -0.2) is 9.69 Å². The lowest BCUT2D eigenvalue weighted by Crippen LogP contribution is -2.31. The summed E-state index contributed by atoms with van der Waals surface area (Å²) in [6.45, 7) is 4.71. The van der Waals surface area contributed by atoms with Crippen molar-refractivity contribution in [1.82, 2.24) is 0 Å². The summed E-state index contributed by atoms with van der Waals surface area (Å²) in [6, 6.07) is 10.5. The van der Waals surface area contributed by atoms with Gasteiger partial charge in [-0.1, -0.05) is 30.3 Å². The Labute approximate surface area is 156 Å². The van der Waals surface area contributed by atoms with Crippen molar-refractivity contribution >= 4 is 34.8 Å². The van der Waals surface area contributed by atoms with Crippen molar-refractivity contribution in [2.75, 3.05) is 12.0 Å². The lowest BCUT2D eigenvalue weighted by Gasteiger charge is -2.15. The minimum Gasteiger partial charge on any atom is -0.495 e. The van der Waals surface area contributed by atoms with Crippen molar-refractivity contribution in [2.45, 2.75) is 20.8 Å². The second-order valence-electron chi connectivity index (χ2n) is 6.31. The monoisotopic (exact) mass is 365 g/mol. The number of anilines is 1. The maximum atomic E-state index is 13.1. The maximum Gasteiger partial charge on any atom is 0.336 e. The molecular formula is C21H19NO5. The maximum absolute atomic E-state index is 13.1. The average Bonchev–Trinajstić information content (AvgIpc) is 2.92. The van der Waals surface area contributed by atoms with Crippen LogP contribution in [0.25, 0.3) is 11.3 Å². The number of hydrogen-bond donors (Lipinski definition) is 1. The van der Waals surface area contributed by atoms with Gasteiger partial charge in [-0.05, 0) is 31.0 Å². The molecule has 1 N–H and O–H groups in total. The van der Waals surface area contributed by atoms with E-state index in [1.54, 1.807) is 13.8 Å². The molecule has 0 atom stereocenters. The molecule has 0 fully saturated rings. The van der Waals surface area contributed by atoms with Gasteiger partial charge in [-0.3, -0.25) is 9.59 Å². The number of imide groups is 1. The van der Waals surface area contributed by atoms with E-state index in [-0.39, 0.29) is 16.8 Å². The molecule has 0 aromatic heterocycles. The van der Waals surface area contributed by atoms with E-state index in [4.69, 9.17) is 4.74 Å². The summed E-state index contributed by atoms with van der Waals surface area (Å²) < 4.78 is 5.55. The normalized spacial score (nSPS) is 14.8. The molecule has 0 radical (unpaired) electrons. The van der Waals surface area contributed by atoms with Crippen molar-refractivity contribution in [3.05, 3.63) is 64.2 Å². The number of rotatable bonds is 3. The van der Waals surface area contributed by atoms with Crippen LogP contribution in [-0.2, 0) is 14.3 Å². The van der Waals surface area contributed by atoms with Crippen molar-refractivity contribution in [1.29, 1.82) is 0 Å². The van der Waals surface area contributed by atoms with E-state index in [0.29, 0.717) is 28.0 Å². The molecule has 2 amide bonds. The smallest absolute Gasteiger partial charge is 0.336 e. The average molecular weight is 365 g/mol. The summed E-state index contributed by atoms with van der Waals surface area (Å²) in [5.41, 5.74) is 2.98. The fourth-order valence-electron chi connectivity index (χ4n) is 3.42. The summed E-state index contributed by atoms with van der Waals surface area (Å²) in [4.78, 5) is 37.9. The summed E-state index contributed by atoms with van der Waals surface area (Å²) in [7, 11) is 1.46. The predicted octanol–water partition coefficient (Wildman–Crippen LogP) is 3.41. The number of hydrogen-bond acceptors (Lipinski definition) is 4. The number of benzene rings is 2. The van der Waals surface area contributed by atoms with E-state index < -0.39 is 17.8 Å². The molecule has 0 spiro atoms. The Bertz CT molecular complexity index is 1000. The zero-order chi connectivity index (χ0) is 19.9. The lowest BCUT2D eigenvalue weighted by atomic mass is 9.92.